The van der Waals surface area contributed by atoms with E-state index in [0.29, 0.717) is 12.1 Å². The molecule has 0 unspecified atom stereocenters. The van der Waals surface area contributed by atoms with Gasteiger partial charge in [-0.15, -0.1) is 0 Å². The molecule has 7 nitrogen and oxygen atoms in total. The number of nitrogens with one attached hydrogen (secondary N) is 1. The maximum Gasteiger partial charge on any atom is 0.253 e. The van der Waals surface area contributed by atoms with E-state index < -0.39 is 0 Å². The highest BCUT2D eigenvalue weighted by Gasteiger charge is 2.27. The number of rotatable bonds is 3. The largest absolute Gasteiger partial charge is 0.342 e. The van der Waals surface area contributed by atoms with Crippen molar-refractivity contribution in [3.63, 3.8) is 0 Å². The van der Waals surface area contributed by atoms with E-state index in [1.165, 1.54) is 6.33 Å². The summed E-state index contributed by atoms with van der Waals surface area (Å²) in [5.74, 6) is 1.27. The third-order valence-electron chi connectivity index (χ3n) is 5.30. The Morgan fingerprint density at radius 2 is 1.96 bits per heavy atom. The van der Waals surface area contributed by atoms with Crippen LogP contribution in [0.4, 0.5) is 0 Å². The number of hydrogen-bond donors (Lipinski definition) is 1. The molecule has 1 fully saturated rings. The Kier molecular flexibility index (Phi) is 4.12. The quantitative estimate of drug-likeness (QED) is 0.599. The Bertz CT molecular complexity index is 1070. The number of hydrogen-bond acceptors (Lipinski definition) is 4. The number of piperidine rings is 1. The van der Waals surface area contributed by atoms with Crippen LogP contribution in [0.15, 0.2) is 61.2 Å². The van der Waals surface area contributed by atoms with Gasteiger partial charge in [-0.2, -0.15) is 5.10 Å². The molecule has 140 valence electrons. The van der Waals surface area contributed by atoms with Gasteiger partial charge in [-0.3, -0.25) is 4.79 Å². The summed E-state index contributed by atoms with van der Waals surface area (Å²) in [6.45, 7) is 1.46. The number of aromatic amines is 1. The fraction of sp³-hybridized carbons (Fsp3) is 0.238. The molecular formula is C21H20N6O. The number of H-pyrrole nitrogens is 1. The van der Waals surface area contributed by atoms with Crippen molar-refractivity contribution in [2.45, 2.75) is 18.8 Å². The van der Waals surface area contributed by atoms with Crippen LogP contribution >= 0.6 is 0 Å². The molecule has 28 heavy (non-hydrogen) atoms. The van der Waals surface area contributed by atoms with E-state index in [2.05, 4.69) is 15.1 Å². The molecule has 4 aromatic rings. The minimum absolute atomic E-state index is 0.0611. The van der Waals surface area contributed by atoms with E-state index in [9.17, 15) is 4.79 Å². The van der Waals surface area contributed by atoms with Crippen LogP contribution in [-0.2, 0) is 0 Å². The average Bonchev–Trinajstić information content (AvgIpc) is 3.43. The van der Waals surface area contributed by atoms with Gasteiger partial charge in [0.15, 0.2) is 0 Å². The van der Waals surface area contributed by atoms with E-state index >= 15 is 0 Å². The van der Waals surface area contributed by atoms with Gasteiger partial charge in [0.1, 0.15) is 18.5 Å². The molecule has 0 spiro atoms. The summed E-state index contributed by atoms with van der Waals surface area (Å²) in [6, 6.07) is 15.5. The Labute approximate surface area is 162 Å². The molecule has 1 amide bonds. The molecule has 0 radical (unpaired) electrons. The summed E-state index contributed by atoms with van der Waals surface area (Å²) in [5.41, 5.74) is 3.59. The number of fused-ring (bicyclic) bond motifs is 1. The zero-order chi connectivity index (χ0) is 18.9. The van der Waals surface area contributed by atoms with Gasteiger partial charge < -0.3 is 9.88 Å². The highest BCUT2D eigenvalue weighted by Crippen LogP contribution is 2.27. The molecule has 1 N–H and O–H groups in total. The van der Waals surface area contributed by atoms with Crippen LogP contribution in [0.5, 0.6) is 0 Å². The molecule has 5 rings (SSSR count). The molecule has 1 saturated heterocycles. The van der Waals surface area contributed by atoms with E-state index in [4.69, 9.17) is 4.98 Å². The lowest BCUT2D eigenvalue weighted by Gasteiger charge is -2.32. The fourth-order valence-electron chi connectivity index (χ4n) is 3.83. The van der Waals surface area contributed by atoms with Gasteiger partial charge in [0.05, 0.1) is 16.7 Å². The SMILES string of the molecule is O=C(c1ccc(-n2cncn2)cc1)N1CCC[C@@H](c2nc3ccccc3[nH]2)C1. The van der Waals surface area contributed by atoms with Crippen molar-refractivity contribution in [3.05, 3.63) is 72.6 Å². The van der Waals surface area contributed by atoms with Crippen LogP contribution < -0.4 is 0 Å². The first kappa shape index (κ1) is 16.7. The second-order valence-corrected chi connectivity index (χ2v) is 7.12. The fourth-order valence-corrected chi connectivity index (χ4v) is 3.83. The van der Waals surface area contributed by atoms with Gasteiger partial charge >= 0.3 is 0 Å². The first-order valence-electron chi connectivity index (χ1n) is 9.47. The van der Waals surface area contributed by atoms with Crippen LogP contribution in [0.25, 0.3) is 16.7 Å². The number of amides is 1. The maximum absolute atomic E-state index is 13.0. The number of nitrogens with zero attached hydrogens (tertiary/aromatic N) is 5. The van der Waals surface area contributed by atoms with Crippen molar-refractivity contribution >= 4 is 16.9 Å². The van der Waals surface area contributed by atoms with Gasteiger partial charge in [-0.05, 0) is 49.2 Å². The number of likely N-dealkylation sites (tertiary alicyclic amines) is 1. The summed E-state index contributed by atoms with van der Waals surface area (Å²) in [7, 11) is 0. The van der Waals surface area contributed by atoms with E-state index in [1.807, 2.05) is 53.4 Å². The minimum Gasteiger partial charge on any atom is -0.342 e. The Hall–Kier alpha value is -3.48. The topological polar surface area (TPSA) is 79.7 Å². The lowest BCUT2D eigenvalue weighted by molar-refractivity contribution is 0.0705. The summed E-state index contributed by atoms with van der Waals surface area (Å²) in [5, 5.41) is 4.11. The zero-order valence-corrected chi connectivity index (χ0v) is 15.3. The molecule has 0 saturated carbocycles. The molecule has 1 aliphatic rings. The standard InChI is InChI=1S/C21H20N6O/c28-21(15-7-9-17(10-8-15)27-14-22-13-23-27)26-11-3-4-16(12-26)20-24-18-5-1-2-6-19(18)25-20/h1-2,5-10,13-14,16H,3-4,11-12H2,(H,24,25)/t16-/m1/s1. The number of carbonyl (C=O) groups excluding carboxylic acids is 1. The zero-order valence-electron chi connectivity index (χ0n) is 15.3. The Balaban J connectivity index is 1.33. The van der Waals surface area contributed by atoms with Crippen molar-refractivity contribution in [2.75, 3.05) is 13.1 Å². The van der Waals surface area contributed by atoms with Crippen LogP contribution in [-0.4, -0.2) is 48.6 Å². The van der Waals surface area contributed by atoms with Gasteiger partial charge in [0, 0.05) is 24.6 Å². The van der Waals surface area contributed by atoms with Crippen molar-refractivity contribution in [1.82, 2.24) is 29.6 Å². The first-order valence-corrected chi connectivity index (χ1v) is 9.47. The molecule has 3 heterocycles. The van der Waals surface area contributed by atoms with Crippen LogP contribution in [0.1, 0.15) is 34.9 Å². The molecule has 7 heteroatoms. The maximum atomic E-state index is 13.0. The van der Waals surface area contributed by atoms with Crippen molar-refractivity contribution in [2.24, 2.45) is 0 Å². The monoisotopic (exact) mass is 372 g/mol. The Morgan fingerprint density at radius 3 is 2.75 bits per heavy atom. The highest BCUT2D eigenvalue weighted by molar-refractivity contribution is 5.94. The number of benzene rings is 2. The van der Waals surface area contributed by atoms with Gasteiger partial charge in [0.2, 0.25) is 0 Å². The molecule has 1 atom stereocenters. The first-order chi connectivity index (χ1) is 13.8. The lowest BCUT2D eigenvalue weighted by atomic mass is 9.96. The van der Waals surface area contributed by atoms with E-state index in [1.54, 1.807) is 11.0 Å². The van der Waals surface area contributed by atoms with Crippen LogP contribution in [0.2, 0.25) is 0 Å². The predicted octanol–water partition coefficient (Wildman–Crippen LogP) is 3.16. The third kappa shape index (κ3) is 3.05. The summed E-state index contributed by atoms with van der Waals surface area (Å²) >= 11 is 0. The lowest BCUT2D eigenvalue weighted by Crippen LogP contribution is -2.39. The van der Waals surface area contributed by atoms with Gasteiger partial charge in [-0.25, -0.2) is 14.6 Å². The Morgan fingerprint density at radius 1 is 1.11 bits per heavy atom. The van der Waals surface area contributed by atoms with Crippen molar-refractivity contribution in [1.29, 1.82) is 0 Å². The van der Waals surface area contributed by atoms with Crippen LogP contribution in [0, 0.1) is 0 Å². The number of carbonyl (C=O) groups is 1. The molecule has 0 bridgehead atoms. The molecular weight excluding hydrogens is 352 g/mol. The molecule has 2 aromatic heterocycles. The normalized spacial score (nSPS) is 17.1. The molecule has 0 aliphatic carbocycles. The number of para-hydroxylation sites is 2. The van der Waals surface area contributed by atoms with Crippen molar-refractivity contribution in [3.8, 4) is 5.69 Å². The predicted molar refractivity (Wildman–Crippen MR) is 105 cm³/mol. The molecule has 2 aromatic carbocycles. The minimum atomic E-state index is 0.0611. The van der Waals surface area contributed by atoms with Gasteiger partial charge in [-0.1, -0.05) is 12.1 Å². The molecule has 1 aliphatic heterocycles. The smallest absolute Gasteiger partial charge is 0.253 e. The van der Waals surface area contributed by atoms with E-state index in [-0.39, 0.29) is 11.8 Å². The highest BCUT2D eigenvalue weighted by atomic mass is 16.2. The van der Waals surface area contributed by atoms with E-state index in [0.717, 1.165) is 41.9 Å². The van der Waals surface area contributed by atoms with Gasteiger partial charge in [0.25, 0.3) is 5.91 Å². The summed E-state index contributed by atoms with van der Waals surface area (Å²) in [6.07, 6.45) is 5.14. The summed E-state index contributed by atoms with van der Waals surface area (Å²) < 4.78 is 1.67. The average molecular weight is 372 g/mol. The third-order valence-corrected chi connectivity index (χ3v) is 5.30. The number of imidazole rings is 1. The summed E-state index contributed by atoms with van der Waals surface area (Å²) in [4.78, 5) is 27.1. The number of aromatic nitrogens is 5. The van der Waals surface area contributed by atoms with Crippen LogP contribution in [0.3, 0.4) is 0 Å². The van der Waals surface area contributed by atoms with Crippen molar-refractivity contribution < 1.29 is 4.79 Å². The second-order valence-electron chi connectivity index (χ2n) is 7.12. The second kappa shape index (κ2) is 6.92.